The van der Waals surface area contributed by atoms with Crippen LogP contribution in [-0.2, 0) is 9.47 Å². The Labute approximate surface area is 164 Å². The maximum absolute atomic E-state index is 12.2. The van der Waals surface area contributed by atoms with Crippen LogP contribution in [0.4, 0.5) is 8.78 Å². The highest BCUT2D eigenvalue weighted by Crippen LogP contribution is 2.23. The van der Waals surface area contributed by atoms with Gasteiger partial charge in [-0.05, 0) is 47.7 Å². The van der Waals surface area contributed by atoms with E-state index in [2.05, 4.69) is 23.5 Å². The molecule has 2 aromatic rings. The zero-order chi connectivity index (χ0) is 19.8. The molecule has 0 bridgehead atoms. The summed E-state index contributed by atoms with van der Waals surface area (Å²) in [4.78, 5) is 0. The van der Waals surface area contributed by atoms with Gasteiger partial charge in [0, 0.05) is 11.5 Å². The first-order valence-electron chi connectivity index (χ1n) is 9.54. The minimum absolute atomic E-state index is 0.144. The van der Waals surface area contributed by atoms with Gasteiger partial charge in [-0.3, -0.25) is 0 Å². The lowest BCUT2D eigenvalue weighted by Gasteiger charge is -2.26. The topological polar surface area (TPSA) is 27.7 Å². The van der Waals surface area contributed by atoms with E-state index in [4.69, 9.17) is 9.47 Å². The molecule has 1 heterocycles. The molecule has 3 nitrogen and oxygen atoms in total. The molecule has 1 aliphatic heterocycles. The molecular weight excluding hydrogens is 362 g/mol. The summed E-state index contributed by atoms with van der Waals surface area (Å²) in [6.07, 6.45) is 3.04. The Bertz CT molecular complexity index is 783. The second-order valence-electron chi connectivity index (χ2n) is 6.76. The first kappa shape index (κ1) is 20.3. The molecule has 2 aromatic carbocycles. The first-order valence-corrected chi connectivity index (χ1v) is 9.54. The molecule has 0 unspecified atom stereocenters. The van der Waals surface area contributed by atoms with E-state index in [1.807, 2.05) is 24.3 Å². The van der Waals surface area contributed by atoms with Crippen molar-refractivity contribution in [3.8, 4) is 28.7 Å². The van der Waals surface area contributed by atoms with Crippen LogP contribution in [0, 0.1) is 17.8 Å². The van der Waals surface area contributed by atoms with Gasteiger partial charge in [0.2, 0.25) is 6.29 Å². The number of unbranched alkanes of at least 4 members (excludes halogenated alkanes) is 1. The van der Waals surface area contributed by atoms with Gasteiger partial charge in [0.05, 0.1) is 13.2 Å². The number of hydrogen-bond acceptors (Lipinski definition) is 3. The van der Waals surface area contributed by atoms with Crippen molar-refractivity contribution in [2.24, 2.45) is 5.92 Å². The summed E-state index contributed by atoms with van der Waals surface area (Å²) >= 11 is 0. The van der Waals surface area contributed by atoms with Crippen LogP contribution in [0.15, 0.2) is 48.5 Å². The Hall–Kier alpha value is -2.42. The zero-order valence-electron chi connectivity index (χ0n) is 15.9. The second-order valence-corrected chi connectivity index (χ2v) is 6.76. The quantitative estimate of drug-likeness (QED) is 0.615. The summed E-state index contributed by atoms with van der Waals surface area (Å²) in [6, 6.07) is 14.3. The molecule has 5 heteroatoms. The molecule has 1 fully saturated rings. The van der Waals surface area contributed by atoms with Crippen molar-refractivity contribution in [1.82, 2.24) is 0 Å². The van der Waals surface area contributed by atoms with Crippen molar-refractivity contribution in [3.63, 3.8) is 0 Å². The third-order valence-electron chi connectivity index (χ3n) is 4.56. The number of halogens is 2. The van der Waals surface area contributed by atoms with Gasteiger partial charge in [-0.1, -0.05) is 50.0 Å². The van der Waals surface area contributed by atoms with Crippen LogP contribution in [0.25, 0.3) is 11.1 Å². The Morgan fingerprint density at radius 2 is 1.61 bits per heavy atom. The minimum Gasteiger partial charge on any atom is -0.435 e. The summed E-state index contributed by atoms with van der Waals surface area (Å²) < 4.78 is 40.1. The van der Waals surface area contributed by atoms with Gasteiger partial charge in [0.1, 0.15) is 5.75 Å². The van der Waals surface area contributed by atoms with Gasteiger partial charge in [-0.2, -0.15) is 8.78 Å². The van der Waals surface area contributed by atoms with Crippen LogP contribution < -0.4 is 4.74 Å². The molecule has 0 aliphatic carbocycles. The molecule has 28 heavy (non-hydrogen) atoms. The molecule has 0 aromatic heterocycles. The van der Waals surface area contributed by atoms with Crippen molar-refractivity contribution >= 4 is 0 Å². The van der Waals surface area contributed by atoms with Gasteiger partial charge in [0.25, 0.3) is 0 Å². The van der Waals surface area contributed by atoms with Crippen molar-refractivity contribution in [1.29, 1.82) is 0 Å². The number of rotatable bonds is 6. The summed E-state index contributed by atoms with van der Waals surface area (Å²) in [5.74, 6) is 6.71. The van der Waals surface area contributed by atoms with Gasteiger partial charge < -0.3 is 14.2 Å². The van der Waals surface area contributed by atoms with Crippen LogP contribution in [-0.4, -0.2) is 26.1 Å². The SMILES string of the molecule is CCCCC1COC(C#Cc2ccc(-c3ccc(OC(F)F)cc3)cc2)OC1. The summed E-state index contributed by atoms with van der Waals surface area (Å²) in [7, 11) is 0. The van der Waals surface area contributed by atoms with Crippen LogP contribution in [0.2, 0.25) is 0 Å². The number of ether oxygens (including phenoxy) is 3. The predicted octanol–water partition coefficient (Wildman–Crippen LogP) is 5.49. The maximum atomic E-state index is 12.2. The highest BCUT2D eigenvalue weighted by Gasteiger charge is 2.20. The smallest absolute Gasteiger partial charge is 0.387 e. The number of hydrogen-bond donors (Lipinski definition) is 0. The summed E-state index contributed by atoms with van der Waals surface area (Å²) in [5, 5.41) is 0. The van der Waals surface area contributed by atoms with Crippen LogP contribution in [0.1, 0.15) is 31.7 Å². The van der Waals surface area contributed by atoms with E-state index in [1.54, 1.807) is 12.1 Å². The largest absolute Gasteiger partial charge is 0.435 e. The van der Waals surface area contributed by atoms with Gasteiger partial charge in [-0.15, -0.1) is 0 Å². The van der Waals surface area contributed by atoms with Gasteiger partial charge >= 0.3 is 6.61 Å². The minimum atomic E-state index is -2.82. The fourth-order valence-electron chi connectivity index (χ4n) is 3.00. The lowest BCUT2D eigenvalue weighted by molar-refractivity contribution is -0.170. The van der Waals surface area contributed by atoms with Crippen molar-refractivity contribution in [3.05, 3.63) is 54.1 Å². The van der Waals surface area contributed by atoms with E-state index in [0.717, 1.165) is 23.1 Å². The van der Waals surface area contributed by atoms with Crippen LogP contribution in [0.3, 0.4) is 0 Å². The third kappa shape index (κ3) is 6.05. The lowest BCUT2D eigenvalue weighted by Crippen LogP contribution is -2.31. The average molecular weight is 386 g/mol. The molecule has 148 valence electrons. The lowest BCUT2D eigenvalue weighted by atomic mass is 10.0. The molecule has 0 atom stereocenters. The average Bonchev–Trinajstić information content (AvgIpc) is 2.72. The molecule has 0 saturated carbocycles. The molecular formula is C23H24F2O3. The summed E-state index contributed by atoms with van der Waals surface area (Å²) in [6.45, 7) is 0.761. The molecule has 0 amide bonds. The van der Waals surface area contributed by atoms with E-state index >= 15 is 0 Å². The Balaban J connectivity index is 1.55. The van der Waals surface area contributed by atoms with Crippen molar-refractivity contribution in [2.75, 3.05) is 13.2 Å². The Morgan fingerprint density at radius 1 is 1.00 bits per heavy atom. The molecule has 0 N–H and O–H groups in total. The highest BCUT2D eigenvalue weighted by molar-refractivity contribution is 5.65. The van der Waals surface area contributed by atoms with Gasteiger partial charge in [0.15, 0.2) is 0 Å². The van der Waals surface area contributed by atoms with E-state index in [-0.39, 0.29) is 5.75 Å². The van der Waals surface area contributed by atoms with E-state index in [1.165, 1.54) is 25.0 Å². The summed E-state index contributed by atoms with van der Waals surface area (Å²) in [5.41, 5.74) is 2.75. The predicted molar refractivity (Wildman–Crippen MR) is 104 cm³/mol. The van der Waals surface area contributed by atoms with E-state index in [0.29, 0.717) is 19.1 Å². The molecule has 0 radical (unpaired) electrons. The third-order valence-corrected chi connectivity index (χ3v) is 4.56. The monoisotopic (exact) mass is 386 g/mol. The van der Waals surface area contributed by atoms with Crippen LogP contribution >= 0.6 is 0 Å². The van der Waals surface area contributed by atoms with Crippen molar-refractivity contribution in [2.45, 2.75) is 39.1 Å². The molecule has 1 saturated heterocycles. The highest BCUT2D eigenvalue weighted by atomic mass is 19.3. The standard InChI is InChI=1S/C23H24F2O3/c1-2-3-4-18-15-26-22(27-16-18)14-7-17-5-8-19(9-6-17)20-10-12-21(13-11-20)28-23(24)25/h5-6,8-13,18,22-23H,2-4,15-16H2,1H3. The Morgan fingerprint density at radius 3 is 2.18 bits per heavy atom. The molecule has 3 rings (SSSR count). The van der Waals surface area contributed by atoms with E-state index in [9.17, 15) is 8.78 Å². The molecule has 1 aliphatic rings. The molecule has 0 spiro atoms. The fraction of sp³-hybridized carbons (Fsp3) is 0.391. The maximum Gasteiger partial charge on any atom is 0.387 e. The Kier molecular flexibility index (Phi) is 7.41. The van der Waals surface area contributed by atoms with E-state index < -0.39 is 12.9 Å². The first-order chi connectivity index (χ1) is 13.6. The normalized spacial score (nSPS) is 19.1. The van der Waals surface area contributed by atoms with Gasteiger partial charge in [-0.25, -0.2) is 0 Å². The van der Waals surface area contributed by atoms with Crippen LogP contribution in [0.5, 0.6) is 5.75 Å². The second kappa shape index (κ2) is 10.2. The fourth-order valence-corrected chi connectivity index (χ4v) is 3.00. The van der Waals surface area contributed by atoms with Crippen molar-refractivity contribution < 1.29 is 23.0 Å². The number of alkyl halides is 2. The zero-order valence-corrected chi connectivity index (χ0v) is 15.9. The number of benzene rings is 2.